The Morgan fingerprint density at radius 2 is 1.44 bits per heavy atom. The van der Waals surface area contributed by atoms with Crippen LogP contribution < -0.4 is 36.5 Å². The van der Waals surface area contributed by atoms with Gasteiger partial charge in [0.05, 0.1) is 54.8 Å². The average molecular weight is 1300 g/mol. The number of phenols is 1. The van der Waals surface area contributed by atoms with Crippen molar-refractivity contribution in [1.29, 1.82) is 0 Å². The monoisotopic (exact) mass is 1300 g/mol. The number of nitrogens with zero attached hydrogens (tertiary/aromatic N) is 6. The van der Waals surface area contributed by atoms with Crippen LogP contribution >= 0.6 is 23.7 Å². The summed E-state index contributed by atoms with van der Waals surface area (Å²) in [5.74, 6) is -11.1. The molecule has 31 nitrogen and oxygen atoms in total. The number of amides is 8. The molecule has 0 aliphatic carbocycles. The van der Waals surface area contributed by atoms with Gasteiger partial charge in [-0.15, -0.1) is 10.2 Å². The second-order valence-corrected chi connectivity index (χ2v) is 24.1. The molecule has 0 bridgehead atoms. The highest BCUT2D eigenvalue weighted by molar-refractivity contribution is 7.90. The lowest BCUT2D eigenvalue weighted by molar-refractivity contribution is -0.433. The first kappa shape index (κ1) is 70.0. The molecule has 90 heavy (non-hydrogen) atoms. The first-order valence-corrected chi connectivity index (χ1v) is 31.0. The van der Waals surface area contributed by atoms with Crippen molar-refractivity contribution >= 4 is 70.9 Å². The molecule has 33 heteroatoms. The van der Waals surface area contributed by atoms with Gasteiger partial charge in [0, 0.05) is 68.7 Å². The number of primary amides is 1. The van der Waals surface area contributed by atoms with E-state index >= 15 is 0 Å². The first-order valence-electron chi connectivity index (χ1n) is 29.6. The predicted octanol–water partition coefficient (Wildman–Crippen LogP) is -0.898. The van der Waals surface area contributed by atoms with Crippen LogP contribution in [0.25, 0.3) is 21.1 Å². The maximum atomic E-state index is 14.7. The molecule has 3 fully saturated rings. The van der Waals surface area contributed by atoms with Gasteiger partial charge in [-0.05, 0) is 43.2 Å². The number of carbonyl (C=O) groups excluding carboxylic acids is 8. The molecule has 0 spiro atoms. The number of hydrogen-bond donors (Lipinski definition) is 14. The van der Waals surface area contributed by atoms with E-state index in [1.165, 1.54) is 75.0 Å². The Hall–Kier alpha value is -7.44. The maximum Gasteiger partial charge on any atom is 0.261 e. The number of unbranched alkanes of at least 4 members (excludes halogenated alkanes) is 7. The Bertz CT molecular complexity index is 3120. The fourth-order valence-corrected chi connectivity index (χ4v) is 12.0. The highest BCUT2D eigenvalue weighted by Gasteiger charge is 2.50. The van der Waals surface area contributed by atoms with Crippen molar-refractivity contribution in [3.63, 3.8) is 0 Å². The Kier molecular flexibility index (Phi) is 25.7. The van der Waals surface area contributed by atoms with E-state index in [0.29, 0.717) is 15.6 Å². The number of aliphatic hydroxyl groups is 6. The lowest BCUT2D eigenvalue weighted by Gasteiger charge is -2.33. The molecule has 2 aromatic carbocycles. The minimum atomic E-state index is -2.22. The average Bonchev–Trinajstić information content (AvgIpc) is 1.78. The number of nitrogens with one attached hydrogen (secondary N) is 5. The number of phenolic OH excluding ortho intramolecular Hbond substituents is 1. The molecule has 5 heterocycles. The summed E-state index contributed by atoms with van der Waals surface area (Å²) in [6, 6.07) is -2.07. The molecule has 3 saturated heterocycles. The molecule has 2 aromatic heterocycles. The summed E-state index contributed by atoms with van der Waals surface area (Å²) >= 11 is 1.36. The molecule has 0 saturated carbocycles. The highest BCUT2D eigenvalue weighted by atomic mass is 32.2. The maximum absolute atomic E-state index is 14.7. The minimum absolute atomic E-state index is 0.0114. The van der Waals surface area contributed by atoms with Crippen LogP contribution in [0.3, 0.4) is 0 Å². The van der Waals surface area contributed by atoms with Crippen LogP contribution in [0.1, 0.15) is 107 Å². The van der Waals surface area contributed by atoms with Gasteiger partial charge in [-0.25, -0.2) is 5.26 Å². The third kappa shape index (κ3) is 18.6. The molecule has 0 radical (unpaired) electrons. The Labute approximate surface area is 525 Å². The SMILES string of the molecule is CCCCCCCCCCn1cc(-c2nnc(-c3ccc(C(=O)N[C@H]4CC(O)CNC(=O)C5C(O)C(C)CN5C(=O)C(C(O)CC(N)=O)NC(=O)C(C(O)Cc5ccc(O)c(OSOOO)c5)NC(=O)C5CC(O)CN5C(=O)C(C(C)O)NC4=O)cc3)s2)cn1. The van der Waals surface area contributed by atoms with Crippen molar-refractivity contribution in [3.05, 3.63) is 66.0 Å². The number of carbonyl (C=O) groups is 8. The van der Waals surface area contributed by atoms with Gasteiger partial charge >= 0.3 is 0 Å². The molecule has 7 rings (SSSR count). The van der Waals surface area contributed by atoms with Gasteiger partial charge in [-0.3, -0.25) is 43.0 Å². The largest absolute Gasteiger partial charge is 0.504 e. The third-order valence-corrected chi connectivity index (χ3v) is 17.1. The van der Waals surface area contributed by atoms with E-state index < -0.39 is 177 Å². The van der Waals surface area contributed by atoms with Crippen LogP contribution in [0.5, 0.6) is 11.5 Å². The summed E-state index contributed by atoms with van der Waals surface area (Å²) in [5.41, 5.74) is 6.88. The molecule has 12 unspecified atom stereocenters. The normalized spacial score (nSPS) is 25.0. The second-order valence-electron chi connectivity index (χ2n) is 22.7. The number of β-amino-alcohol motifs (C(OH)–C–C–N with tert-alkyl or cyclic N) is 1. The lowest BCUT2D eigenvalue weighted by Crippen LogP contribution is -2.64. The fraction of sp³-hybridized carbons (Fsp3) is 0.561. The van der Waals surface area contributed by atoms with Crippen molar-refractivity contribution in [1.82, 2.24) is 56.4 Å². The Balaban J connectivity index is 1.16. The first-order chi connectivity index (χ1) is 43.0. The van der Waals surface area contributed by atoms with Gasteiger partial charge in [-0.2, -0.15) is 5.10 Å². The van der Waals surface area contributed by atoms with Gasteiger partial charge < -0.3 is 82.0 Å². The van der Waals surface area contributed by atoms with E-state index in [0.717, 1.165) is 53.8 Å². The number of fused-ring (bicyclic) bond motifs is 2. The number of hydrogen-bond acceptors (Lipinski definition) is 24. The van der Waals surface area contributed by atoms with Crippen LogP contribution in [0.4, 0.5) is 0 Å². The molecule has 8 amide bonds. The van der Waals surface area contributed by atoms with E-state index in [1.54, 1.807) is 18.3 Å². The second kappa shape index (κ2) is 33.0. The zero-order valence-corrected chi connectivity index (χ0v) is 51.3. The van der Waals surface area contributed by atoms with E-state index in [-0.39, 0.29) is 29.2 Å². The summed E-state index contributed by atoms with van der Waals surface area (Å²) in [6.45, 7) is 3.84. The van der Waals surface area contributed by atoms with Crippen molar-refractivity contribution < 1.29 is 92.9 Å². The van der Waals surface area contributed by atoms with E-state index in [4.69, 9.17) is 15.2 Å². The summed E-state index contributed by atoms with van der Waals surface area (Å²) in [4.78, 5) is 115. The number of aromatic hydroxyl groups is 1. The van der Waals surface area contributed by atoms with Crippen LogP contribution in [0.2, 0.25) is 0 Å². The van der Waals surface area contributed by atoms with Crippen molar-refractivity contribution in [2.45, 2.75) is 177 Å². The molecule has 492 valence electrons. The zero-order chi connectivity index (χ0) is 65.3. The van der Waals surface area contributed by atoms with Crippen molar-refractivity contribution in [2.24, 2.45) is 11.7 Å². The number of aryl methyl sites for hydroxylation is 1. The van der Waals surface area contributed by atoms with Crippen LogP contribution in [-0.2, 0) is 55.9 Å². The number of nitrogens with two attached hydrogens (primary N) is 1. The van der Waals surface area contributed by atoms with Gasteiger partial charge in [0.2, 0.25) is 41.4 Å². The molecule has 3 aliphatic rings. The number of benzene rings is 2. The quantitative estimate of drug-likeness (QED) is 0.0175. The Morgan fingerprint density at radius 3 is 2.12 bits per heavy atom. The topological polar surface area (TPSA) is 462 Å². The van der Waals surface area contributed by atoms with Crippen LogP contribution in [0.15, 0.2) is 54.9 Å². The van der Waals surface area contributed by atoms with Gasteiger partial charge in [0.25, 0.3) is 18.2 Å². The molecule has 15 N–H and O–H groups in total. The predicted molar refractivity (Wildman–Crippen MR) is 319 cm³/mol. The molecular weight excluding hydrogens is 1220 g/mol. The van der Waals surface area contributed by atoms with Gasteiger partial charge in [-0.1, -0.05) is 97.7 Å². The molecule has 4 aromatic rings. The van der Waals surface area contributed by atoms with Gasteiger partial charge in [0.15, 0.2) is 16.5 Å². The summed E-state index contributed by atoms with van der Waals surface area (Å²) in [5, 5.41) is 117. The standard InChI is InChI=1S/C57H78N12O19S2/c1-4-5-6-7-8-9-10-11-18-67-27-34(24-60-67)55-66-65-54(89-55)33-15-13-32(14-16-33)49(78)61-37-21-35(71)25-59-53(82)47-48(77)29(2)26-69(47)57(84)46(41(75)23-43(58)76)64-52(81)45(40(74)19-31-12-17-39(73)42(20-31)86-90-88-87-85)63-51(80)38-22-36(72)28-68(38)56(83)44(30(3)70)62-50(37)79/h12-17,20,24,27,29-30,35-38,40-41,44-48,70-75,77,85H,4-11,18-19,21-23,25-26,28H2,1-3H3,(H2,58,76)(H,59,82)(H,61,78)(H,62,79)(H,63,80)(H,64,81)/t29?,30?,35?,36?,37-,38?,40?,41?,44?,45?,46?,47?,48?/m0/s1. The minimum Gasteiger partial charge on any atom is -0.504 e. The van der Waals surface area contributed by atoms with Gasteiger partial charge in [0.1, 0.15) is 41.3 Å². The van der Waals surface area contributed by atoms with Crippen LogP contribution in [0, 0.1) is 5.92 Å². The zero-order valence-electron chi connectivity index (χ0n) is 49.7. The summed E-state index contributed by atoms with van der Waals surface area (Å²) in [7, 11) is 0. The molecule has 3 aliphatic heterocycles. The van der Waals surface area contributed by atoms with E-state index in [1.807, 2.05) is 10.9 Å². The molecular formula is C57H78N12O19S2. The Morgan fingerprint density at radius 1 is 0.789 bits per heavy atom. The summed E-state index contributed by atoms with van der Waals surface area (Å²) in [6.07, 6.45) is -0.467. The smallest absolute Gasteiger partial charge is 0.261 e. The fourth-order valence-electron chi connectivity index (χ4n) is 10.9. The highest BCUT2D eigenvalue weighted by Crippen LogP contribution is 2.33. The lowest BCUT2D eigenvalue weighted by atomic mass is 9.98. The van der Waals surface area contributed by atoms with Crippen molar-refractivity contribution in [3.8, 4) is 32.6 Å². The number of aliphatic hydroxyl groups excluding tert-OH is 6. The van der Waals surface area contributed by atoms with E-state index in [9.17, 15) is 74.1 Å². The summed E-state index contributed by atoms with van der Waals surface area (Å²) < 4.78 is 11.2. The number of aromatic nitrogens is 4. The van der Waals surface area contributed by atoms with Crippen molar-refractivity contribution in [2.75, 3.05) is 19.6 Å². The third-order valence-electron chi connectivity index (χ3n) is 15.7. The van der Waals surface area contributed by atoms with Crippen LogP contribution in [-0.4, -0.2) is 211 Å². The van der Waals surface area contributed by atoms with E-state index in [2.05, 4.69) is 58.2 Å². The number of rotatable bonds is 24. The molecule has 13 atom stereocenters.